The van der Waals surface area contributed by atoms with Gasteiger partial charge in [0.2, 0.25) is 5.91 Å². The van der Waals surface area contributed by atoms with E-state index in [1.54, 1.807) is 18.2 Å². The van der Waals surface area contributed by atoms with Crippen LogP contribution < -0.4 is 14.8 Å². The first-order valence-electron chi connectivity index (χ1n) is 9.97. The fraction of sp³-hybridized carbons (Fsp3) is 0.174. The molecule has 0 aromatic heterocycles. The number of alkyl halides is 3. The molecular weight excluding hydrogens is 633 g/mol. The normalized spacial score (nSPS) is 14.8. The number of hydrogen-bond donors (Lipinski definition) is 1. The highest BCUT2D eigenvalue weighted by Crippen LogP contribution is 2.38. The molecule has 0 unspecified atom stereocenters. The zero-order chi connectivity index (χ0) is 26.6. The van der Waals surface area contributed by atoms with Crippen LogP contribution in [0.25, 0.3) is 6.08 Å². The summed E-state index contributed by atoms with van der Waals surface area (Å²) in [4.78, 5) is 38.5. The van der Waals surface area contributed by atoms with E-state index in [0.717, 1.165) is 12.1 Å². The van der Waals surface area contributed by atoms with Crippen molar-refractivity contribution in [3.05, 3.63) is 68.0 Å². The maximum absolute atomic E-state index is 13.0. The fourth-order valence-electron chi connectivity index (χ4n) is 3.05. The van der Waals surface area contributed by atoms with Gasteiger partial charge >= 0.3 is 6.18 Å². The Bertz CT molecular complexity index is 1240. The van der Waals surface area contributed by atoms with E-state index in [1.165, 1.54) is 13.2 Å². The minimum absolute atomic E-state index is 0.0120. The molecule has 0 radical (unpaired) electrons. The monoisotopic (exact) mass is 648 g/mol. The predicted octanol–water partition coefficient (Wildman–Crippen LogP) is 6.48. The second-order valence-electron chi connectivity index (χ2n) is 7.14. The molecule has 1 N–H and O–H groups in total. The van der Waals surface area contributed by atoms with Crippen molar-refractivity contribution in [2.45, 2.75) is 6.18 Å². The first-order chi connectivity index (χ1) is 16.9. The molecule has 13 heteroatoms. The average Bonchev–Trinajstić information content (AvgIpc) is 3.05. The Balaban J connectivity index is 1.76. The number of benzene rings is 2. The van der Waals surface area contributed by atoms with Crippen molar-refractivity contribution in [1.82, 2.24) is 4.90 Å². The largest absolute Gasteiger partial charge is 0.495 e. The lowest BCUT2D eigenvalue weighted by atomic mass is 10.1. The second kappa shape index (κ2) is 11.5. The third-order valence-corrected chi connectivity index (χ3v) is 6.73. The highest BCUT2D eigenvalue weighted by molar-refractivity contribution is 9.11. The molecule has 1 aliphatic rings. The van der Waals surface area contributed by atoms with Crippen molar-refractivity contribution in [3.63, 3.8) is 0 Å². The highest BCUT2D eigenvalue weighted by atomic mass is 79.9. The number of methoxy groups -OCH3 is 1. The Morgan fingerprint density at radius 2 is 1.86 bits per heavy atom. The van der Waals surface area contributed by atoms with E-state index >= 15 is 0 Å². The lowest BCUT2D eigenvalue weighted by molar-refractivity contribution is -0.137. The van der Waals surface area contributed by atoms with E-state index in [0.29, 0.717) is 43.0 Å². The Hall–Kier alpha value is -2.77. The second-order valence-corrected chi connectivity index (χ2v) is 9.84. The van der Waals surface area contributed by atoms with Gasteiger partial charge in [0.15, 0.2) is 0 Å². The summed E-state index contributed by atoms with van der Waals surface area (Å²) >= 11 is 7.41. The summed E-state index contributed by atoms with van der Waals surface area (Å²) in [5, 5.41) is 1.58. The Labute approximate surface area is 224 Å². The zero-order valence-electron chi connectivity index (χ0n) is 18.4. The summed E-state index contributed by atoms with van der Waals surface area (Å²) in [6.07, 6.45) is -1.57. The number of carbonyl (C=O) groups is 3. The Kier molecular flexibility index (Phi) is 8.90. The molecule has 3 amide bonds. The summed E-state index contributed by atoms with van der Waals surface area (Å²) in [5.41, 5.74) is -0.664. The SMILES string of the molecule is C=CCOc1c(Br)cc(/C=C2\SC(=O)N(CC(=O)Nc3cc(C(F)(F)F)ccc3OC)C2=O)cc1Br. The molecule has 0 saturated carbocycles. The van der Waals surface area contributed by atoms with Crippen LogP contribution in [0.3, 0.4) is 0 Å². The molecule has 7 nitrogen and oxygen atoms in total. The zero-order valence-corrected chi connectivity index (χ0v) is 22.4. The number of rotatable bonds is 8. The van der Waals surface area contributed by atoms with Gasteiger partial charge in [-0.15, -0.1) is 0 Å². The van der Waals surface area contributed by atoms with Crippen molar-refractivity contribution >= 4 is 72.4 Å². The number of nitrogens with zero attached hydrogens (tertiary/aromatic N) is 1. The molecule has 2 aromatic carbocycles. The van der Waals surface area contributed by atoms with Crippen LogP contribution in [-0.4, -0.2) is 42.2 Å². The lowest BCUT2D eigenvalue weighted by Gasteiger charge is -2.16. The van der Waals surface area contributed by atoms with Crippen molar-refractivity contribution < 1.29 is 37.0 Å². The van der Waals surface area contributed by atoms with E-state index in [-0.39, 0.29) is 22.9 Å². The summed E-state index contributed by atoms with van der Waals surface area (Å²) in [6.45, 7) is 3.18. The van der Waals surface area contributed by atoms with E-state index in [2.05, 4.69) is 43.8 Å². The first kappa shape index (κ1) is 27.8. The molecule has 1 aliphatic heterocycles. The number of ether oxygens (including phenoxy) is 2. The summed E-state index contributed by atoms with van der Waals surface area (Å²) in [5.74, 6) is -1.07. The van der Waals surface area contributed by atoms with Gasteiger partial charge in [0.05, 0.1) is 32.2 Å². The van der Waals surface area contributed by atoms with E-state index in [1.807, 2.05) is 0 Å². The third-order valence-electron chi connectivity index (χ3n) is 4.64. The minimum atomic E-state index is -4.64. The molecule has 1 fully saturated rings. The topological polar surface area (TPSA) is 84.9 Å². The van der Waals surface area contributed by atoms with E-state index in [9.17, 15) is 27.6 Å². The average molecular weight is 650 g/mol. The van der Waals surface area contributed by atoms with Gasteiger partial charge in [-0.2, -0.15) is 13.2 Å². The molecule has 0 bridgehead atoms. The maximum Gasteiger partial charge on any atom is 0.416 e. The number of imide groups is 1. The van der Waals surface area contributed by atoms with Gasteiger partial charge in [-0.25, -0.2) is 0 Å². The van der Waals surface area contributed by atoms with Gasteiger partial charge in [-0.3, -0.25) is 19.3 Å². The molecule has 3 rings (SSSR count). The van der Waals surface area contributed by atoms with E-state index < -0.39 is 35.3 Å². The van der Waals surface area contributed by atoms with Gasteiger partial charge in [-0.05, 0) is 85.6 Å². The van der Waals surface area contributed by atoms with E-state index in [4.69, 9.17) is 9.47 Å². The number of amides is 3. The number of thioether (sulfide) groups is 1. The van der Waals surface area contributed by atoms with Crippen LogP contribution in [0.4, 0.5) is 23.7 Å². The first-order valence-corrected chi connectivity index (χ1v) is 12.4. The Morgan fingerprint density at radius 3 is 2.44 bits per heavy atom. The molecule has 0 aliphatic carbocycles. The predicted molar refractivity (Wildman–Crippen MR) is 137 cm³/mol. The molecule has 190 valence electrons. The molecule has 0 atom stereocenters. The van der Waals surface area contributed by atoms with Gasteiger partial charge in [0, 0.05) is 0 Å². The van der Waals surface area contributed by atoms with Crippen LogP contribution >= 0.6 is 43.6 Å². The lowest BCUT2D eigenvalue weighted by Crippen LogP contribution is -2.36. The number of halogens is 5. The standard InChI is InChI=1S/C23H17Br2F3N2O5S/c1-3-6-35-20-14(24)7-12(8-15(20)25)9-18-21(32)30(22(33)36-18)11-19(31)29-16-10-13(23(26,27)28)4-5-17(16)34-2/h3-5,7-10H,1,6,11H2,2H3,(H,29,31)/b18-9-. The number of nitrogens with one attached hydrogen (secondary N) is 1. The molecule has 2 aromatic rings. The minimum Gasteiger partial charge on any atom is -0.495 e. The van der Waals surface area contributed by atoms with Crippen LogP contribution in [0.15, 0.2) is 56.8 Å². The smallest absolute Gasteiger partial charge is 0.416 e. The van der Waals surface area contributed by atoms with Gasteiger partial charge in [-0.1, -0.05) is 12.7 Å². The molecule has 36 heavy (non-hydrogen) atoms. The van der Waals surface area contributed by atoms with Gasteiger partial charge in [0.25, 0.3) is 11.1 Å². The van der Waals surface area contributed by atoms with Crippen LogP contribution in [-0.2, 0) is 15.8 Å². The van der Waals surface area contributed by atoms with Crippen LogP contribution in [0.1, 0.15) is 11.1 Å². The molecular formula is C23H17Br2F3N2O5S. The van der Waals surface area contributed by atoms with Gasteiger partial charge < -0.3 is 14.8 Å². The molecule has 0 spiro atoms. The van der Waals surface area contributed by atoms with Crippen LogP contribution in [0.5, 0.6) is 11.5 Å². The van der Waals surface area contributed by atoms with Crippen molar-refractivity contribution in [2.75, 3.05) is 25.6 Å². The third kappa shape index (κ3) is 6.51. The quantitative estimate of drug-likeness (QED) is 0.260. The van der Waals surface area contributed by atoms with Crippen molar-refractivity contribution in [2.24, 2.45) is 0 Å². The molecule has 1 heterocycles. The highest BCUT2D eigenvalue weighted by Gasteiger charge is 2.37. The van der Waals surface area contributed by atoms with Crippen LogP contribution in [0, 0.1) is 0 Å². The maximum atomic E-state index is 13.0. The summed E-state index contributed by atoms with van der Waals surface area (Å²) in [6, 6.07) is 5.95. The number of hydrogen-bond acceptors (Lipinski definition) is 6. The fourth-order valence-corrected chi connectivity index (χ4v) is 5.34. The van der Waals surface area contributed by atoms with Crippen LogP contribution in [0.2, 0.25) is 0 Å². The number of carbonyl (C=O) groups excluding carboxylic acids is 3. The number of anilines is 1. The summed E-state index contributed by atoms with van der Waals surface area (Å²) in [7, 11) is 1.23. The Morgan fingerprint density at radius 1 is 1.19 bits per heavy atom. The van der Waals surface area contributed by atoms with Gasteiger partial charge in [0.1, 0.15) is 24.7 Å². The van der Waals surface area contributed by atoms with Crippen molar-refractivity contribution in [1.29, 1.82) is 0 Å². The van der Waals surface area contributed by atoms with Crippen molar-refractivity contribution in [3.8, 4) is 11.5 Å². The summed E-state index contributed by atoms with van der Waals surface area (Å²) < 4.78 is 50.9. The molecule has 1 saturated heterocycles.